The molecule has 2 heterocycles. The molecule has 0 spiro atoms. The van der Waals surface area contributed by atoms with Crippen LogP contribution in [0.2, 0.25) is 0 Å². The zero-order chi connectivity index (χ0) is 18.6. The van der Waals surface area contributed by atoms with E-state index in [1.54, 1.807) is 0 Å². The number of nitrogens with two attached hydrogens (primary N) is 1. The lowest BCUT2D eigenvalue weighted by atomic mass is 10.1. The largest absolute Gasteiger partial charge is 0.467 e. The number of rotatable bonds is 6. The molecule has 0 radical (unpaired) electrons. The summed E-state index contributed by atoms with van der Waals surface area (Å²) < 4.78 is 5.25. The van der Waals surface area contributed by atoms with E-state index < -0.39 is 0 Å². The van der Waals surface area contributed by atoms with Crippen LogP contribution >= 0.6 is 0 Å². The van der Waals surface area contributed by atoms with Gasteiger partial charge in [-0.2, -0.15) is 20.1 Å². The molecule has 0 aliphatic rings. The Labute approximate surface area is 155 Å². The first kappa shape index (κ1) is 16.9. The summed E-state index contributed by atoms with van der Waals surface area (Å²) in [5.74, 6) is 0.882. The van der Waals surface area contributed by atoms with Gasteiger partial charge in [0.25, 0.3) is 0 Å². The number of anilines is 1. The third kappa shape index (κ3) is 3.42. The summed E-state index contributed by atoms with van der Waals surface area (Å²) in [7, 11) is 1.53. The molecule has 0 fully saturated rings. The summed E-state index contributed by atoms with van der Waals surface area (Å²) in [6.45, 7) is 1.00. The van der Waals surface area contributed by atoms with Crippen LogP contribution in [0.3, 0.4) is 0 Å². The zero-order valence-corrected chi connectivity index (χ0v) is 14.8. The van der Waals surface area contributed by atoms with Crippen LogP contribution in [0, 0.1) is 0 Å². The Morgan fingerprint density at radius 2 is 1.89 bits per heavy atom. The highest BCUT2D eigenvalue weighted by Gasteiger charge is 2.15. The van der Waals surface area contributed by atoms with Gasteiger partial charge < -0.3 is 15.8 Å². The number of ether oxygens (including phenoxy) is 1. The molecule has 0 saturated carbocycles. The number of methoxy groups -OCH3 is 1. The van der Waals surface area contributed by atoms with Gasteiger partial charge in [-0.05, 0) is 11.1 Å². The van der Waals surface area contributed by atoms with Crippen molar-refractivity contribution in [1.29, 1.82) is 0 Å². The van der Waals surface area contributed by atoms with Crippen LogP contribution in [-0.2, 0) is 13.1 Å². The number of H-pyrrole nitrogens is 1. The Morgan fingerprint density at radius 1 is 1.04 bits per heavy atom. The first-order chi connectivity index (χ1) is 13.3. The number of aromatic nitrogens is 5. The summed E-state index contributed by atoms with van der Waals surface area (Å²) in [4.78, 5) is 13.2. The number of aromatic amines is 1. The van der Waals surface area contributed by atoms with Crippen molar-refractivity contribution in [3.63, 3.8) is 0 Å². The van der Waals surface area contributed by atoms with Crippen LogP contribution in [0.1, 0.15) is 11.1 Å². The molecule has 4 aromatic rings. The molecule has 0 saturated heterocycles. The third-order valence-corrected chi connectivity index (χ3v) is 4.20. The van der Waals surface area contributed by atoms with Gasteiger partial charge in [-0.3, -0.25) is 5.10 Å². The van der Waals surface area contributed by atoms with Crippen molar-refractivity contribution in [2.45, 2.75) is 13.1 Å². The number of nitrogens with zero attached hydrogens (tertiary/aromatic N) is 4. The molecule has 0 unspecified atom stereocenters. The van der Waals surface area contributed by atoms with E-state index in [-0.39, 0.29) is 6.01 Å². The Hall–Kier alpha value is -3.52. The van der Waals surface area contributed by atoms with E-state index in [0.29, 0.717) is 30.6 Å². The summed E-state index contributed by atoms with van der Waals surface area (Å²) in [5, 5.41) is 11.5. The van der Waals surface area contributed by atoms with E-state index in [4.69, 9.17) is 10.5 Å². The average Bonchev–Trinajstić information content (AvgIpc) is 3.17. The lowest BCUT2D eigenvalue weighted by Crippen LogP contribution is -2.07. The fraction of sp³-hybridized carbons (Fsp3) is 0.158. The SMILES string of the molecule is COc1nc(NCc2ccccc2)nc(-c2[nH]nc3c(CN)cccc23)n1. The van der Waals surface area contributed by atoms with Gasteiger partial charge in [0.05, 0.1) is 12.6 Å². The third-order valence-electron chi connectivity index (χ3n) is 4.20. The molecule has 0 aliphatic carbocycles. The van der Waals surface area contributed by atoms with Crippen molar-refractivity contribution in [3.05, 3.63) is 59.7 Å². The molecule has 8 heteroatoms. The molecule has 0 bridgehead atoms. The summed E-state index contributed by atoms with van der Waals surface area (Å²) in [6, 6.07) is 16.1. The van der Waals surface area contributed by atoms with E-state index in [1.807, 2.05) is 48.5 Å². The molecule has 136 valence electrons. The van der Waals surface area contributed by atoms with Crippen molar-refractivity contribution < 1.29 is 4.74 Å². The van der Waals surface area contributed by atoms with Gasteiger partial charge in [0.1, 0.15) is 5.69 Å². The van der Waals surface area contributed by atoms with Gasteiger partial charge >= 0.3 is 6.01 Å². The first-order valence-electron chi connectivity index (χ1n) is 8.52. The van der Waals surface area contributed by atoms with Crippen LogP contribution in [0.15, 0.2) is 48.5 Å². The second-order valence-electron chi connectivity index (χ2n) is 5.92. The predicted molar refractivity (Wildman–Crippen MR) is 103 cm³/mol. The molecule has 0 amide bonds. The highest BCUT2D eigenvalue weighted by atomic mass is 16.5. The highest BCUT2D eigenvalue weighted by molar-refractivity contribution is 5.93. The molecule has 2 aromatic carbocycles. The van der Waals surface area contributed by atoms with Gasteiger partial charge in [0.15, 0.2) is 5.82 Å². The van der Waals surface area contributed by atoms with Crippen LogP contribution < -0.4 is 15.8 Å². The summed E-state index contributed by atoms with van der Waals surface area (Å²) in [6.07, 6.45) is 0. The Morgan fingerprint density at radius 3 is 2.67 bits per heavy atom. The lowest BCUT2D eigenvalue weighted by Gasteiger charge is -2.08. The van der Waals surface area contributed by atoms with Crippen molar-refractivity contribution in [2.24, 2.45) is 5.73 Å². The maximum atomic E-state index is 5.80. The normalized spacial score (nSPS) is 10.9. The fourth-order valence-corrected chi connectivity index (χ4v) is 2.85. The number of para-hydroxylation sites is 1. The standard InChI is InChI=1S/C19H19N7O/c1-27-19-23-17(16-14-9-5-8-13(10-20)15(14)25-26-16)22-18(24-19)21-11-12-6-3-2-4-7-12/h2-9H,10-11,20H2,1H3,(H,25,26)(H,21,22,23,24). The molecular weight excluding hydrogens is 342 g/mol. The Kier molecular flexibility index (Phi) is 4.63. The van der Waals surface area contributed by atoms with Crippen molar-refractivity contribution >= 4 is 16.9 Å². The van der Waals surface area contributed by atoms with Crippen LogP contribution in [0.5, 0.6) is 6.01 Å². The molecule has 27 heavy (non-hydrogen) atoms. The maximum absolute atomic E-state index is 5.80. The van der Waals surface area contributed by atoms with Crippen molar-refractivity contribution in [2.75, 3.05) is 12.4 Å². The smallest absolute Gasteiger partial charge is 0.321 e. The summed E-state index contributed by atoms with van der Waals surface area (Å²) >= 11 is 0. The number of nitrogens with one attached hydrogen (secondary N) is 2. The molecule has 0 atom stereocenters. The highest BCUT2D eigenvalue weighted by Crippen LogP contribution is 2.27. The number of hydrogen-bond donors (Lipinski definition) is 3. The van der Waals surface area contributed by atoms with E-state index in [2.05, 4.69) is 30.5 Å². The van der Waals surface area contributed by atoms with E-state index >= 15 is 0 Å². The van der Waals surface area contributed by atoms with Gasteiger partial charge in [-0.25, -0.2) is 0 Å². The second-order valence-corrected chi connectivity index (χ2v) is 5.92. The summed E-state index contributed by atoms with van der Waals surface area (Å²) in [5.41, 5.74) is 9.39. The molecule has 0 aliphatic heterocycles. The van der Waals surface area contributed by atoms with E-state index in [0.717, 1.165) is 22.0 Å². The Balaban J connectivity index is 1.71. The van der Waals surface area contributed by atoms with Crippen LogP contribution in [0.25, 0.3) is 22.4 Å². The minimum absolute atomic E-state index is 0.230. The van der Waals surface area contributed by atoms with Gasteiger partial charge in [0.2, 0.25) is 5.95 Å². The lowest BCUT2D eigenvalue weighted by molar-refractivity contribution is 0.379. The van der Waals surface area contributed by atoms with Crippen LogP contribution in [-0.4, -0.2) is 32.3 Å². The second kappa shape index (κ2) is 7.38. The molecular formula is C19H19N7O. The molecule has 2 aromatic heterocycles. The monoisotopic (exact) mass is 361 g/mol. The van der Waals surface area contributed by atoms with Crippen molar-refractivity contribution in [3.8, 4) is 17.5 Å². The Bertz CT molecular complexity index is 1060. The van der Waals surface area contributed by atoms with Gasteiger partial charge in [-0.15, -0.1) is 0 Å². The minimum Gasteiger partial charge on any atom is -0.467 e. The molecule has 4 N–H and O–H groups in total. The topological polar surface area (TPSA) is 115 Å². The van der Waals surface area contributed by atoms with E-state index in [1.165, 1.54) is 7.11 Å². The average molecular weight is 361 g/mol. The minimum atomic E-state index is 0.230. The quantitative estimate of drug-likeness (QED) is 0.483. The predicted octanol–water partition coefficient (Wildman–Crippen LogP) is 2.49. The van der Waals surface area contributed by atoms with E-state index in [9.17, 15) is 0 Å². The van der Waals surface area contributed by atoms with Gasteiger partial charge in [-0.1, -0.05) is 48.5 Å². The zero-order valence-electron chi connectivity index (χ0n) is 14.8. The molecule has 4 rings (SSSR count). The number of benzene rings is 2. The van der Waals surface area contributed by atoms with Gasteiger partial charge in [0, 0.05) is 18.5 Å². The number of hydrogen-bond acceptors (Lipinski definition) is 7. The fourth-order valence-electron chi connectivity index (χ4n) is 2.85. The molecule has 8 nitrogen and oxygen atoms in total. The first-order valence-corrected chi connectivity index (χ1v) is 8.52. The number of fused-ring (bicyclic) bond motifs is 1. The maximum Gasteiger partial charge on any atom is 0.321 e. The van der Waals surface area contributed by atoms with Crippen LogP contribution in [0.4, 0.5) is 5.95 Å². The van der Waals surface area contributed by atoms with Crippen molar-refractivity contribution in [1.82, 2.24) is 25.1 Å².